The van der Waals surface area contributed by atoms with Gasteiger partial charge >= 0.3 is 12.5 Å². The van der Waals surface area contributed by atoms with Gasteiger partial charge in [0.15, 0.2) is 0 Å². The minimum Gasteiger partial charge on any atom is -0.465 e. The molecule has 1 aliphatic heterocycles. The molecule has 1 fully saturated rings. The van der Waals surface area contributed by atoms with Crippen molar-refractivity contribution in [3.63, 3.8) is 0 Å². The van der Waals surface area contributed by atoms with Crippen molar-refractivity contribution in [2.45, 2.75) is 29.3 Å². The lowest BCUT2D eigenvalue weighted by atomic mass is 10.1. The van der Waals surface area contributed by atoms with Crippen LogP contribution in [0.1, 0.15) is 12.8 Å². The number of benzene rings is 1. The number of halogens is 3. The van der Waals surface area contributed by atoms with Gasteiger partial charge in [0.05, 0.1) is 0 Å². The van der Waals surface area contributed by atoms with E-state index in [1.165, 1.54) is 17.0 Å². The fourth-order valence-electron chi connectivity index (χ4n) is 2.08. The maximum atomic E-state index is 12.0. The molecule has 1 saturated heterocycles. The molecule has 116 valence electrons. The molecule has 1 aromatic carbocycles. The number of hydrogen-bond donors (Lipinski definition) is 1. The first-order valence-electron chi connectivity index (χ1n) is 6.34. The third-order valence-corrected chi connectivity index (χ3v) is 4.42. The van der Waals surface area contributed by atoms with Crippen LogP contribution >= 0.6 is 11.8 Å². The molecule has 0 unspecified atom stereocenters. The smallest absolute Gasteiger partial charge is 0.465 e. The van der Waals surface area contributed by atoms with E-state index in [0.717, 1.165) is 17.7 Å². The Morgan fingerprint density at radius 1 is 1.24 bits per heavy atom. The summed E-state index contributed by atoms with van der Waals surface area (Å²) in [7, 11) is 0. The second-order valence-corrected chi connectivity index (χ2v) is 5.98. The summed E-state index contributed by atoms with van der Waals surface area (Å²) < 4.78 is 39.9. The van der Waals surface area contributed by atoms with E-state index >= 15 is 0 Å². The van der Waals surface area contributed by atoms with Gasteiger partial charge in [0, 0.05) is 23.2 Å². The van der Waals surface area contributed by atoms with Crippen LogP contribution in [0.4, 0.5) is 18.0 Å². The first kappa shape index (κ1) is 15.8. The molecule has 2 rings (SSSR count). The average Bonchev–Trinajstić information content (AvgIpc) is 2.40. The number of amides is 1. The van der Waals surface area contributed by atoms with E-state index in [-0.39, 0.29) is 11.0 Å². The summed E-state index contributed by atoms with van der Waals surface area (Å²) in [6.07, 6.45) is -4.12. The third-order valence-electron chi connectivity index (χ3n) is 3.07. The molecule has 1 aliphatic rings. The molecule has 1 heterocycles. The minimum atomic E-state index is -4.68. The van der Waals surface area contributed by atoms with Crippen molar-refractivity contribution in [3.8, 4) is 5.75 Å². The Labute approximate surface area is 123 Å². The van der Waals surface area contributed by atoms with Crippen LogP contribution in [0.15, 0.2) is 29.2 Å². The van der Waals surface area contributed by atoms with Gasteiger partial charge in [0.1, 0.15) is 5.75 Å². The summed E-state index contributed by atoms with van der Waals surface area (Å²) in [5, 5.41) is 9.12. The molecule has 1 aromatic rings. The lowest BCUT2D eigenvalue weighted by Crippen LogP contribution is -2.38. The summed E-state index contributed by atoms with van der Waals surface area (Å²) in [4.78, 5) is 13.0. The molecule has 1 amide bonds. The normalized spacial score (nSPS) is 16.8. The van der Waals surface area contributed by atoms with Gasteiger partial charge in [0.2, 0.25) is 0 Å². The van der Waals surface area contributed by atoms with Crippen LogP contribution in [0.25, 0.3) is 0 Å². The third kappa shape index (κ3) is 5.04. The number of hydrogen-bond acceptors (Lipinski definition) is 3. The van der Waals surface area contributed by atoms with Crippen LogP contribution in [0.2, 0.25) is 0 Å². The summed E-state index contributed by atoms with van der Waals surface area (Å²) in [5.74, 6) is -0.243. The zero-order valence-corrected chi connectivity index (χ0v) is 11.8. The van der Waals surface area contributed by atoms with E-state index in [2.05, 4.69) is 4.74 Å². The SMILES string of the molecule is O=C(O)N1CCC(Sc2ccc(OC(F)(F)F)cc2)CC1. The van der Waals surface area contributed by atoms with Gasteiger partial charge in [-0.15, -0.1) is 24.9 Å². The zero-order valence-electron chi connectivity index (χ0n) is 11.0. The lowest BCUT2D eigenvalue weighted by molar-refractivity contribution is -0.274. The summed E-state index contributed by atoms with van der Waals surface area (Å²) in [6.45, 7) is 0.977. The van der Waals surface area contributed by atoms with Crippen molar-refractivity contribution in [1.29, 1.82) is 0 Å². The number of carbonyl (C=O) groups is 1. The first-order chi connectivity index (χ1) is 9.83. The van der Waals surface area contributed by atoms with Gasteiger partial charge in [-0.2, -0.15) is 0 Å². The quantitative estimate of drug-likeness (QED) is 0.919. The van der Waals surface area contributed by atoms with Gasteiger partial charge < -0.3 is 14.7 Å². The Bertz CT molecular complexity index is 484. The van der Waals surface area contributed by atoms with E-state index in [1.807, 2.05) is 0 Å². The van der Waals surface area contributed by atoms with Crippen LogP contribution in [0.5, 0.6) is 5.75 Å². The molecular formula is C13H14F3NO3S. The Kier molecular flexibility index (Phi) is 4.87. The van der Waals surface area contributed by atoms with Crippen LogP contribution in [-0.2, 0) is 0 Å². The number of rotatable bonds is 3. The highest BCUT2D eigenvalue weighted by Crippen LogP contribution is 2.32. The van der Waals surface area contributed by atoms with E-state index < -0.39 is 12.5 Å². The number of carboxylic acid groups (broad SMARTS) is 1. The van der Waals surface area contributed by atoms with Gasteiger partial charge in [-0.3, -0.25) is 0 Å². The Balaban J connectivity index is 1.85. The number of alkyl halides is 3. The maximum absolute atomic E-state index is 12.0. The van der Waals surface area contributed by atoms with Gasteiger partial charge in [0.25, 0.3) is 0 Å². The Hall–Kier alpha value is -1.57. The fraction of sp³-hybridized carbons (Fsp3) is 0.462. The maximum Gasteiger partial charge on any atom is 0.573 e. The highest BCUT2D eigenvalue weighted by atomic mass is 32.2. The molecule has 4 nitrogen and oxygen atoms in total. The molecule has 0 saturated carbocycles. The molecule has 21 heavy (non-hydrogen) atoms. The summed E-state index contributed by atoms with van der Waals surface area (Å²) >= 11 is 1.55. The lowest BCUT2D eigenvalue weighted by Gasteiger charge is -2.29. The van der Waals surface area contributed by atoms with Crippen LogP contribution < -0.4 is 4.74 Å². The topological polar surface area (TPSA) is 49.8 Å². The standard InChI is InChI=1S/C13H14F3NO3S/c14-13(15,16)20-9-1-3-10(4-2-9)21-11-5-7-17(8-6-11)12(18)19/h1-4,11H,5-8H2,(H,18,19). The second kappa shape index (κ2) is 6.46. The molecule has 0 atom stereocenters. The summed E-state index contributed by atoms with van der Waals surface area (Å²) in [6, 6.07) is 5.72. The Morgan fingerprint density at radius 2 is 1.81 bits per heavy atom. The van der Waals surface area contributed by atoms with Crippen molar-refractivity contribution in [3.05, 3.63) is 24.3 Å². The number of piperidine rings is 1. The zero-order chi connectivity index (χ0) is 15.5. The minimum absolute atomic E-state index is 0.243. The molecule has 0 spiro atoms. The largest absolute Gasteiger partial charge is 0.573 e. The predicted octanol–water partition coefficient (Wildman–Crippen LogP) is 3.82. The molecule has 8 heteroatoms. The van der Waals surface area contributed by atoms with Crippen LogP contribution in [-0.4, -0.2) is 40.8 Å². The van der Waals surface area contributed by atoms with E-state index in [4.69, 9.17) is 5.11 Å². The highest BCUT2D eigenvalue weighted by Gasteiger charge is 2.31. The molecule has 1 N–H and O–H groups in total. The van der Waals surface area contributed by atoms with Crippen molar-refractivity contribution < 1.29 is 27.8 Å². The predicted molar refractivity (Wildman–Crippen MR) is 71.6 cm³/mol. The molecule has 0 radical (unpaired) electrons. The first-order valence-corrected chi connectivity index (χ1v) is 7.22. The van der Waals surface area contributed by atoms with Crippen molar-refractivity contribution in [1.82, 2.24) is 4.90 Å². The van der Waals surface area contributed by atoms with E-state index in [0.29, 0.717) is 13.1 Å². The van der Waals surface area contributed by atoms with E-state index in [9.17, 15) is 18.0 Å². The van der Waals surface area contributed by atoms with Gasteiger partial charge in [-0.25, -0.2) is 4.79 Å². The number of thioether (sulfide) groups is 1. The number of nitrogens with zero attached hydrogens (tertiary/aromatic N) is 1. The molecule has 0 aromatic heterocycles. The fourth-order valence-corrected chi connectivity index (χ4v) is 3.20. The van der Waals surface area contributed by atoms with Gasteiger partial charge in [-0.05, 0) is 37.1 Å². The second-order valence-electron chi connectivity index (χ2n) is 4.61. The van der Waals surface area contributed by atoms with Gasteiger partial charge in [-0.1, -0.05) is 0 Å². The van der Waals surface area contributed by atoms with Crippen molar-refractivity contribution in [2.75, 3.05) is 13.1 Å². The van der Waals surface area contributed by atoms with Crippen molar-refractivity contribution in [2.24, 2.45) is 0 Å². The molecular weight excluding hydrogens is 307 g/mol. The number of likely N-dealkylation sites (tertiary alicyclic amines) is 1. The molecule has 0 bridgehead atoms. The average molecular weight is 321 g/mol. The van der Waals surface area contributed by atoms with Crippen molar-refractivity contribution >= 4 is 17.9 Å². The van der Waals surface area contributed by atoms with E-state index in [1.54, 1.807) is 23.9 Å². The summed E-state index contributed by atoms with van der Waals surface area (Å²) in [5.41, 5.74) is 0. The molecule has 0 aliphatic carbocycles. The van der Waals surface area contributed by atoms with Crippen LogP contribution in [0.3, 0.4) is 0 Å². The Morgan fingerprint density at radius 3 is 2.29 bits per heavy atom. The highest BCUT2D eigenvalue weighted by molar-refractivity contribution is 8.00. The monoisotopic (exact) mass is 321 g/mol. The number of ether oxygens (including phenoxy) is 1. The van der Waals surface area contributed by atoms with Crippen LogP contribution in [0, 0.1) is 0 Å².